The number of methoxy groups -OCH3 is 1. The fourth-order valence-corrected chi connectivity index (χ4v) is 8.05. The number of imide groups is 1. The molecular weight excluding hydrogens is 1020 g/mol. The maximum atomic E-state index is 13.9. The maximum absolute atomic E-state index is 13.9. The topological polar surface area (TPSA) is 271 Å². The molecule has 2 aromatic rings. The van der Waals surface area contributed by atoms with Gasteiger partial charge in [0.2, 0.25) is 11.8 Å². The molecule has 0 saturated carbocycles. The molecule has 22 nitrogen and oxygen atoms in total. The lowest BCUT2D eigenvalue weighted by molar-refractivity contribution is -0.198. The summed E-state index contributed by atoms with van der Waals surface area (Å²) in [4.78, 5) is 106. The van der Waals surface area contributed by atoms with Crippen molar-refractivity contribution in [2.45, 2.75) is 110 Å². The lowest BCUT2D eigenvalue weighted by Gasteiger charge is -2.29. The summed E-state index contributed by atoms with van der Waals surface area (Å²) in [6.45, 7) is 10.9. The van der Waals surface area contributed by atoms with Crippen LogP contribution in [0.4, 0.5) is 4.79 Å². The average molecular weight is 1090 g/mol. The summed E-state index contributed by atoms with van der Waals surface area (Å²) in [6, 6.07) is 11.4. The number of rotatable bonds is 26. The van der Waals surface area contributed by atoms with Crippen molar-refractivity contribution >= 4 is 59.2 Å². The summed E-state index contributed by atoms with van der Waals surface area (Å²) in [5, 5.41) is 9.00. The Balaban J connectivity index is 1.02. The van der Waals surface area contributed by atoms with Crippen molar-refractivity contribution in [3.8, 4) is 5.75 Å². The van der Waals surface area contributed by atoms with E-state index < -0.39 is 77.2 Å². The number of halogens is 1. The predicted molar refractivity (Wildman–Crippen MR) is 270 cm³/mol. The Morgan fingerprint density at radius 1 is 0.842 bits per heavy atom. The second kappa shape index (κ2) is 30.5. The van der Waals surface area contributed by atoms with Crippen molar-refractivity contribution in [3.63, 3.8) is 0 Å². The van der Waals surface area contributed by atoms with Gasteiger partial charge in [0.05, 0.1) is 82.9 Å². The molecule has 0 radical (unpaired) electrons. The number of benzene rings is 2. The smallest absolute Gasteiger partial charge is 0.407 e. The molecule has 0 bridgehead atoms. The van der Waals surface area contributed by atoms with Crippen LogP contribution in [0.5, 0.6) is 5.75 Å². The number of hydroxylamine groups is 2. The quantitative estimate of drug-likeness (QED) is 0.0387. The minimum atomic E-state index is -1.26. The minimum absolute atomic E-state index is 0.0126. The number of alkyl carbamates (subject to hydrolysis) is 1. The first-order chi connectivity index (χ1) is 36.3. The van der Waals surface area contributed by atoms with Gasteiger partial charge in [0, 0.05) is 44.7 Å². The van der Waals surface area contributed by atoms with Crippen LogP contribution in [-0.4, -0.2) is 150 Å². The van der Waals surface area contributed by atoms with Gasteiger partial charge in [-0.3, -0.25) is 24.0 Å². The Bertz CT molecular complexity index is 2310. The van der Waals surface area contributed by atoms with Crippen molar-refractivity contribution in [3.05, 3.63) is 76.3 Å². The van der Waals surface area contributed by atoms with Crippen LogP contribution in [0.2, 0.25) is 5.02 Å². The van der Waals surface area contributed by atoms with E-state index >= 15 is 0 Å². The van der Waals surface area contributed by atoms with Crippen molar-refractivity contribution < 1.29 is 85.8 Å². The van der Waals surface area contributed by atoms with Crippen LogP contribution in [0.25, 0.3) is 0 Å². The Hall–Kier alpha value is -6.17. The number of carbonyl (C=O) groups is 8. The van der Waals surface area contributed by atoms with Gasteiger partial charge in [0.15, 0.2) is 6.10 Å². The maximum Gasteiger partial charge on any atom is 0.407 e. The normalized spacial score (nSPS) is 22.0. The molecule has 0 spiro atoms. The SMILES string of the molecule is COc1ccc(C[C@H]2NC(=O)/C=C/C[C@@H]([C@H](C)[C@@H]3O[C@H]3c3ccc(COC(=O)NCCOCCOCCOCCOCCC(=O)ON4C(=O)CCC4=O)cc3)OC(=O)[C@H](CC(C)C)OC(=O)C(C)(C)CNC2=O)cc1Cl. The molecule has 3 N–H and O–H groups in total. The average Bonchev–Trinajstić information content (AvgIpc) is 4.13. The van der Waals surface area contributed by atoms with Gasteiger partial charge in [-0.2, -0.15) is 0 Å². The summed E-state index contributed by atoms with van der Waals surface area (Å²) in [5.74, 6) is -4.34. The summed E-state index contributed by atoms with van der Waals surface area (Å²) in [7, 11) is 1.49. The van der Waals surface area contributed by atoms with E-state index in [4.69, 9.17) is 59.1 Å². The number of hydrogen-bond donors (Lipinski definition) is 3. The number of hydrogen-bond acceptors (Lipinski definition) is 18. The van der Waals surface area contributed by atoms with Crippen LogP contribution in [-0.2, 0) is 89.3 Å². The number of carbonyl (C=O) groups excluding carboxylic acids is 8. The largest absolute Gasteiger partial charge is 0.495 e. The fraction of sp³-hybridized carbons (Fsp3) is 0.585. The van der Waals surface area contributed by atoms with Gasteiger partial charge in [-0.15, -0.1) is 5.06 Å². The molecule has 76 heavy (non-hydrogen) atoms. The molecular formula is C53H71ClN4O18. The molecule has 0 aromatic heterocycles. The summed E-state index contributed by atoms with van der Waals surface area (Å²) < 4.78 is 50.4. The highest BCUT2D eigenvalue weighted by Crippen LogP contribution is 2.45. The van der Waals surface area contributed by atoms with Gasteiger partial charge in [0.25, 0.3) is 11.8 Å². The molecule has 5 amide bonds. The number of ether oxygens (including phenoxy) is 9. The number of cyclic esters (lactones) is 2. The Labute approximate surface area is 447 Å². The minimum Gasteiger partial charge on any atom is -0.495 e. The van der Waals surface area contributed by atoms with Crippen molar-refractivity contribution in [2.24, 2.45) is 17.3 Å². The van der Waals surface area contributed by atoms with Crippen LogP contribution in [0.3, 0.4) is 0 Å². The standard InChI is InChI=1S/C53H71ClN4O18/c1-33(2)28-42-50(64)73-40(8-7-9-43(59)57-39(30-36-12-15-41(67-6)38(54)29-36)49(63)56-32-53(4,5)51(65)74-42)34(3)47-48(75-47)37-13-10-35(11-14-37)31-72-52(66)55-19-21-69-23-25-71-27-26-70-24-22-68-20-18-46(62)76-58-44(60)16-17-45(58)61/h7,9-15,29,33-34,39-40,42,47-48H,8,16-28,30-32H2,1-6H3,(H,55,66)(H,56,63)(H,57,59)/b9-7+/t34-,39+,40-,42-,47-,48-/m0/s1. The number of esters is 2. The molecule has 2 aromatic carbocycles. The third kappa shape index (κ3) is 20.1. The Morgan fingerprint density at radius 2 is 1.47 bits per heavy atom. The monoisotopic (exact) mass is 1090 g/mol. The summed E-state index contributed by atoms with van der Waals surface area (Å²) in [6.07, 6.45) is -0.207. The lowest BCUT2D eigenvalue weighted by atomic mass is 9.92. The third-order valence-corrected chi connectivity index (χ3v) is 12.5. The molecule has 0 aliphatic carbocycles. The van der Waals surface area contributed by atoms with Crippen LogP contribution in [0, 0.1) is 17.3 Å². The van der Waals surface area contributed by atoms with Gasteiger partial charge in [-0.25, -0.2) is 14.4 Å². The van der Waals surface area contributed by atoms with E-state index in [-0.39, 0.29) is 103 Å². The molecule has 418 valence electrons. The first kappa shape index (κ1) is 60.7. The zero-order valence-corrected chi connectivity index (χ0v) is 44.7. The fourth-order valence-electron chi connectivity index (χ4n) is 7.77. The number of amides is 5. The summed E-state index contributed by atoms with van der Waals surface area (Å²) >= 11 is 6.36. The zero-order chi connectivity index (χ0) is 55.2. The number of epoxide rings is 1. The van der Waals surface area contributed by atoms with Crippen LogP contribution in [0.15, 0.2) is 54.6 Å². The first-order valence-electron chi connectivity index (χ1n) is 25.4. The van der Waals surface area contributed by atoms with E-state index in [2.05, 4.69) is 16.0 Å². The summed E-state index contributed by atoms with van der Waals surface area (Å²) in [5.41, 5.74) is 0.979. The zero-order valence-electron chi connectivity index (χ0n) is 43.9. The molecule has 0 unspecified atom stereocenters. The van der Waals surface area contributed by atoms with E-state index in [1.807, 2.05) is 45.0 Å². The molecule has 6 atom stereocenters. The van der Waals surface area contributed by atoms with Gasteiger partial charge >= 0.3 is 24.0 Å². The van der Waals surface area contributed by atoms with E-state index in [0.29, 0.717) is 47.8 Å². The van der Waals surface area contributed by atoms with Crippen LogP contribution < -0.4 is 20.7 Å². The molecule has 3 heterocycles. The van der Waals surface area contributed by atoms with Gasteiger partial charge in [-0.1, -0.05) is 68.8 Å². The van der Waals surface area contributed by atoms with E-state index in [1.165, 1.54) is 13.2 Å². The van der Waals surface area contributed by atoms with E-state index in [9.17, 15) is 38.4 Å². The molecule has 2 fully saturated rings. The van der Waals surface area contributed by atoms with Crippen molar-refractivity contribution in [1.29, 1.82) is 0 Å². The second-order valence-corrected chi connectivity index (χ2v) is 19.7. The van der Waals surface area contributed by atoms with Crippen LogP contribution in [0.1, 0.15) is 89.5 Å². The van der Waals surface area contributed by atoms with Gasteiger partial charge < -0.3 is 63.4 Å². The highest BCUT2D eigenvalue weighted by Gasteiger charge is 2.48. The molecule has 3 aliphatic heterocycles. The molecule has 5 rings (SSSR count). The highest BCUT2D eigenvalue weighted by atomic mass is 35.5. The van der Waals surface area contributed by atoms with Crippen molar-refractivity contribution in [2.75, 3.05) is 73.1 Å². The predicted octanol–water partition coefficient (Wildman–Crippen LogP) is 4.41. The van der Waals surface area contributed by atoms with E-state index in [1.54, 1.807) is 38.1 Å². The highest BCUT2D eigenvalue weighted by molar-refractivity contribution is 6.32. The van der Waals surface area contributed by atoms with Crippen LogP contribution >= 0.6 is 11.6 Å². The Kier molecular flexibility index (Phi) is 24.4. The number of nitrogens with zero attached hydrogens (tertiary/aromatic N) is 1. The number of nitrogens with one attached hydrogen (secondary N) is 3. The molecule has 2 saturated heterocycles. The second-order valence-electron chi connectivity index (χ2n) is 19.3. The van der Waals surface area contributed by atoms with E-state index in [0.717, 1.165) is 11.1 Å². The van der Waals surface area contributed by atoms with Gasteiger partial charge in [-0.05, 0) is 61.1 Å². The Morgan fingerprint density at radius 3 is 2.11 bits per heavy atom. The molecule has 3 aliphatic rings. The lowest BCUT2D eigenvalue weighted by Crippen LogP contribution is -2.51. The molecule has 23 heteroatoms. The first-order valence-corrected chi connectivity index (χ1v) is 25.7. The third-order valence-electron chi connectivity index (χ3n) is 12.2. The van der Waals surface area contributed by atoms with Crippen molar-refractivity contribution in [1.82, 2.24) is 21.0 Å². The van der Waals surface area contributed by atoms with Gasteiger partial charge in [0.1, 0.15) is 30.6 Å².